The smallest absolute Gasteiger partial charge is 0.134 e. The molecule has 0 amide bonds. The van der Waals surface area contributed by atoms with Crippen molar-refractivity contribution in [2.45, 2.75) is 13.3 Å². The molecule has 1 rings (SSSR count). The van der Waals surface area contributed by atoms with Gasteiger partial charge in [0.15, 0.2) is 0 Å². The zero-order valence-corrected chi connectivity index (χ0v) is 7.67. The minimum Gasteiger partial charge on any atom is -0.506 e. The fraction of sp³-hybridized carbons (Fsp3) is 0.273. The standard InChI is InChI=1S/C11H13NO/c1-9-5-4-7-10(11(9)13)6-2-3-8-12/h4-5,7,13H,3,8,12H2,1H3. The lowest BCUT2D eigenvalue weighted by Gasteiger charge is -1.99. The molecule has 0 heterocycles. The SMILES string of the molecule is Cc1cccc(C#CCCN)c1O. The maximum absolute atomic E-state index is 9.56. The van der Waals surface area contributed by atoms with E-state index in [2.05, 4.69) is 11.8 Å². The van der Waals surface area contributed by atoms with Gasteiger partial charge in [-0.3, -0.25) is 0 Å². The highest BCUT2D eigenvalue weighted by molar-refractivity contribution is 5.49. The number of para-hydroxylation sites is 1. The number of aromatic hydroxyl groups is 1. The molecule has 13 heavy (non-hydrogen) atoms. The molecule has 0 spiro atoms. The number of phenols is 1. The summed E-state index contributed by atoms with van der Waals surface area (Å²) in [5, 5.41) is 9.56. The minimum atomic E-state index is 0.270. The second-order valence-corrected chi connectivity index (χ2v) is 2.81. The van der Waals surface area contributed by atoms with Crippen LogP contribution in [0.2, 0.25) is 0 Å². The number of phenolic OH excluding ortho intramolecular Hbond substituents is 1. The van der Waals surface area contributed by atoms with Gasteiger partial charge in [0, 0.05) is 13.0 Å². The van der Waals surface area contributed by atoms with Crippen molar-refractivity contribution in [3.8, 4) is 17.6 Å². The predicted molar refractivity (Wildman–Crippen MR) is 53.4 cm³/mol. The molecule has 1 aromatic carbocycles. The molecule has 1 aromatic rings. The Morgan fingerprint density at radius 1 is 1.46 bits per heavy atom. The Morgan fingerprint density at radius 3 is 2.92 bits per heavy atom. The van der Waals surface area contributed by atoms with Crippen LogP contribution >= 0.6 is 0 Å². The van der Waals surface area contributed by atoms with E-state index in [-0.39, 0.29) is 5.75 Å². The van der Waals surface area contributed by atoms with Gasteiger partial charge < -0.3 is 10.8 Å². The maximum atomic E-state index is 9.56. The maximum Gasteiger partial charge on any atom is 0.134 e. The zero-order valence-electron chi connectivity index (χ0n) is 7.67. The third-order valence-electron chi connectivity index (χ3n) is 1.73. The first kappa shape index (κ1) is 9.63. The van der Waals surface area contributed by atoms with Gasteiger partial charge in [-0.15, -0.1) is 0 Å². The summed E-state index contributed by atoms with van der Waals surface area (Å²) in [6, 6.07) is 5.52. The van der Waals surface area contributed by atoms with Gasteiger partial charge >= 0.3 is 0 Å². The molecular weight excluding hydrogens is 162 g/mol. The number of hydrogen-bond donors (Lipinski definition) is 2. The second-order valence-electron chi connectivity index (χ2n) is 2.81. The lowest BCUT2D eigenvalue weighted by Crippen LogP contribution is -1.95. The molecule has 0 atom stereocenters. The molecule has 0 saturated carbocycles. The van der Waals surface area contributed by atoms with E-state index >= 15 is 0 Å². The van der Waals surface area contributed by atoms with Gasteiger partial charge in [-0.2, -0.15) is 0 Å². The number of nitrogens with two attached hydrogens (primary N) is 1. The molecule has 0 radical (unpaired) electrons. The van der Waals surface area contributed by atoms with E-state index < -0.39 is 0 Å². The molecule has 2 heteroatoms. The van der Waals surface area contributed by atoms with E-state index in [4.69, 9.17) is 5.73 Å². The Labute approximate surface area is 78.4 Å². The van der Waals surface area contributed by atoms with E-state index in [9.17, 15) is 5.11 Å². The van der Waals surface area contributed by atoms with Gasteiger partial charge in [-0.25, -0.2) is 0 Å². The van der Waals surface area contributed by atoms with Gasteiger partial charge in [-0.05, 0) is 18.6 Å². The Kier molecular flexibility index (Phi) is 3.36. The fourth-order valence-electron chi connectivity index (χ4n) is 0.990. The summed E-state index contributed by atoms with van der Waals surface area (Å²) >= 11 is 0. The van der Waals surface area contributed by atoms with Gasteiger partial charge in [0.05, 0.1) is 5.56 Å². The summed E-state index contributed by atoms with van der Waals surface area (Å²) in [5.74, 6) is 6.03. The summed E-state index contributed by atoms with van der Waals surface area (Å²) in [7, 11) is 0. The fourth-order valence-corrected chi connectivity index (χ4v) is 0.990. The quantitative estimate of drug-likeness (QED) is 0.634. The minimum absolute atomic E-state index is 0.270. The Morgan fingerprint density at radius 2 is 2.23 bits per heavy atom. The van der Waals surface area contributed by atoms with Crippen molar-refractivity contribution in [3.05, 3.63) is 29.3 Å². The van der Waals surface area contributed by atoms with Crippen LogP contribution in [-0.2, 0) is 0 Å². The van der Waals surface area contributed by atoms with E-state index in [1.54, 1.807) is 6.07 Å². The Bertz CT molecular complexity index is 347. The highest BCUT2D eigenvalue weighted by Gasteiger charge is 1.98. The molecule has 0 unspecified atom stereocenters. The molecular formula is C11H13NO. The summed E-state index contributed by atoms with van der Waals surface area (Å²) in [4.78, 5) is 0. The first-order chi connectivity index (χ1) is 6.25. The van der Waals surface area contributed by atoms with Crippen LogP contribution < -0.4 is 5.73 Å². The number of benzene rings is 1. The first-order valence-corrected chi connectivity index (χ1v) is 4.23. The van der Waals surface area contributed by atoms with Crippen LogP contribution in [-0.4, -0.2) is 11.7 Å². The van der Waals surface area contributed by atoms with Crippen LogP contribution in [0.5, 0.6) is 5.75 Å². The van der Waals surface area contributed by atoms with Crippen molar-refractivity contribution in [1.29, 1.82) is 0 Å². The van der Waals surface area contributed by atoms with Crippen LogP contribution in [0.15, 0.2) is 18.2 Å². The summed E-state index contributed by atoms with van der Waals surface area (Å²) in [6.45, 7) is 2.41. The predicted octanol–water partition coefficient (Wildman–Crippen LogP) is 1.40. The topological polar surface area (TPSA) is 46.2 Å². The molecule has 0 saturated heterocycles. The lowest BCUT2D eigenvalue weighted by atomic mass is 10.1. The molecule has 0 aliphatic rings. The molecule has 3 N–H and O–H groups in total. The molecule has 2 nitrogen and oxygen atoms in total. The summed E-state index contributed by atoms with van der Waals surface area (Å²) in [6.07, 6.45) is 0.660. The largest absolute Gasteiger partial charge is 0.506 e. The van der Waals surface area contributed by atoms with Crippen molar-refractivity contribution in [2.24, 2.45) is 5.73 Å². The lowest BCUT2D eigenvalue weighted by molar-refractivity contribution is 0.469. The third-order valence-corrected chi connectivity index (χ3v) is 1.73. The first-order valence-electron chi connectivity index (χ1n) is 4.23. The van der Waals surface area contributed by atoms with Gasteiger partial charge in [-0.1, -0.05) is 24.0 Å². The van der Waals surface area contributed by atoms with Crippen molar-refractivity contribution in [2.75, 3.05) is 6.54 Å². The van der Waals surface area contributed by atoms with Crippen molar-refractivity contribution >= 4 is 0 Å². The summed E-state index contributed by atoms with van der Waals surface area (Å²) in [5.41, 5.74) is 6.82. The Hall–Kier alpha value is -1.46. The van der Waals surface area contributed by atoms with Crippen LogP contribution in [0.1, 0.15) is 17.5 Å². The van der Waals surface area contributed by atoms with E-state index in [1.807, 2.05) is 19.1 Å². The monoisotopic (exact) mass is 175 g/mol. The normalized spacial score (nSPS) is 9.08. The van der Waals surface area contributed by atoms with Crippen molar-refractivity contribution < 1.29 is 5.11 Å². The molecule has 0 fully saturated rings. The molecule has 0 aliphatic heterocycles. The molecule has 68 valence electrons. The molecule has 0 bridgehead atoms. The van der Waals surface area contributed by atoms with Gasteiger partial charge in [0.2, 0.25) is 0 Å². The van der Waals surface area contributed by atoms with Crippen LogP contribution in [0.4, 0.5) is 0 Å². The zero-order chi connectivity index (χ0) is 9.68. The van der Waals surface area contributed by atoms with Crippen LogP contribution in [0, 0.1) is 18.8 Å². The number of hydrogen-bond acceptors (Lipinski definition) is 2. The van der Waals surface area contributed by atoms with E-state index in [1.165, 1.54) is 0 Å². The third kappa shape index (κ3) is 2.50. The average Bonchev–Trinajstić information content (AvgIpc) is 2.13. The van der Waals surface area contributed by atoms with E-state index in [0.29, 0.717) is 18.5 Å². The average molecular weight is 175 g/mol. The molecule has 0 aromatic heterocycles. The molecule has 0 aliphatic carbocycles. The van der Waals surface area contributed by atoms with Crippen LogP contribution in [0.3, 0.4) is 0 Å². The van der Waals surface area contributed by atoms with Crippen LogP contribution in [0.25, 0.3) is 0 Å². The number of rotatable bonds is 1. The van der Waals surface area contributed by atoms with Gasteiger partial charge in [0.25, 0.3) is 0 Å². The van der Waals surface area contributed by atoms with Crippen molar-refractivity contribution in [1.82, 2.24) is 0 Å². The van der Waals surface area contributed by atoms with E-state index in [0.717, 1.165) is 5.56 Å². The van der Waals surface area contributed by atoms with Gasteiger partial charge in [0.1, 0.15) is 5.75 Å². The Balaban J connectivity index is 2.91. The van der Waals surface area contributed by atoms with Crippen molar-refractivity contribution in [3.63, 3.8) is 0 Å². The summed E-state index contributed by atoms with van der Waals surface area (Å²) < 4.78 is 0. The number of aryl methyl sites for hydroxylation is 1. The highest BCUT2D eigenvalue weighted by atomic mass is 16.3. The highest BCUT2D eigenvalue weighted by Crippen LogP contribution is 2.19. The second kappa shape index (κ2) is 4.54.